The molecule has 9 nitrogen and oxygen atoms in total. The second-order valence-electron chi connectivity index (χ2n) is 8.08. The van der Waals surface area contributed by atoms with Crippen LogP contribution in [0.25, 0.3) is 0 Å². The van der Waals surface area contributed by atoms with Crippen LogP contribution in [0.15, 0.2) is 39.6 Å². The number of rotatable bonds is 9. The molecule has 0 bridgehead atoms. The number of benzene rings is 1. The Hall–Kier alpha value is -2.40. The van der Waals surface area contributed by atoms with E-state index >= 15 is 0 Å². The number of aryl methyl sites for hydroxylation is 1. The average Bonchev–Trinajstić information content (AvgIpc) is 3.50. The molecule has 1 saturated heterocycles. The van der Waals surface area contributed by atoms with Gasteiger partial charge in [0.25, 0.3) is 5.91 Å². The maximum Gasteiger partial charge on any atom is 0.251 e. The van der Waals surface area contributed by atoms with Crippen LogP contribution >= 0.6 is 0 Å². The fraction of sp³-hybridized carbons (Fsp3) is 0.500. The molecule has 32 heavy (non-hydrogen) atoms. The Bertz CT molecular complexity index is 1060. The van der Waals surface area contributed by atoms with Crippen LogP contribution < -0.4 is 14.8 Å². The van der Waals surface area contributed by atoms with Crippen molar-refractivity contribution < 1.29 is 27.1 Å². The molecule has 0 spiro atoms. The van der Waals surface area contributed by atoms with Crippen molar-refractivity contribution in [2.75, 3.05) is 40.0 Å². The van der Waals surface area contributed by atoms with Crippen LogP contribution in [0.1, 0.15) is 40.8 Å². The molecule has 1 aromatic heterocycles. The number of methoxy groups -OCH3 is 1. The van der Waals surface area contributed by atoms with Crippen LogP contribution in [-0.2, 0) is 14.8 Å². The first-order chi connectivity index (χ1) is 15.4. The third-order valence-corrected chi connectivity index (χ3v) is 7.19. The lowest BCUT2D eigenvalue weighted by Crippen LogP contribution is -2.43. The minimum atomic E-state index is -3.78. The summed E-state index contributed by atoms with van der Waals surface area (Å²) in [6.45, 7) is 4.92. The van der Waals surface area contributed by atoms with Crippen molar-refractivity contribution in [1.82, 2.24) is 14.9 Å². The Kier molecular flexibility index (Phi) is 6.85. The first kappa shape index (κ1) is 22.8. The molecule has 4 rings (SSSR count). The monoisotopic (exact) mass is 463 g/mol. The highest BCUT2D eigenvalue weighted by molar-refractivity contribution is 7.89. The highest BCUT2D eigenvalue weighted by Gasteiger charge is 2.31. The number of amides is 1. The van der Waals surface area contributed by atoms with Crippen molar-refractivity contribution in [3.8, 4) is 5.75 Å². The summed E-state index contributed by atoms with van der Waals surface area (Å²) in [5.41, 5.74) is 0.248. The average molecular weight is 464 g/mol. The number of furan rings is 1. The Morgan fingerprint density at radius 2 is 1.97 bits per heavy atom. The lowest BCUT2D eigenvalue weighted by Gasteiger charge is -2.33. The molecule has 2 aliphatic rings. The molecule has 2 heterocycles. The van der Waals surface area contributed by atoms with Gasteiger partial charge in [-0.15, -0.1) is 0 Å². The van der Waals surface area contributed by atoms with E-state index in [1.54, 1.807) is 6.07 Å². The molecule has 174 valence electrons. The van der Waals surface area contributed by atoms with Crippen LogP contribution in [-0.4, -0.2) is 65.2 Å². The van der Waals surface area contributed by atoms with E-state index < -0.39 is 10.0 Å². The molecule has 2 aromatic rings. The van der Waals surface area contributed by atoms with Crippen LogP contribution in [0, 0.1) is 6.92 Å². The molecule has 0 radical (unpaired) electrons. The fourth-order valence-electron chi connectivity index (χ4n) is 3.73. The van der Waals surface area contributed by atoms with Gasteiger partial charge >= 0.3 is 0 Å². The van der Waals surface area contributed by atoms with E-state index in [1.807, 2.05) is 19.1 Å². The minimum Gasteiger partial charge on any atom is -0.495 e. The molecule has 1 atom stereocenters. The molecule has 2 fully saturated rings. The summed E-state index contributed by atoms with van der Waals surface area (Å²) in [6, 6.07) is 8.06. The maximum absolute atomic E-state index is 12.9. The third-order valence-electron chi connectivity index (χ3n) is 5.65. The molecule has 1 aromatic carbocycles. The van der Waals surface area contributed by atoms with Crippen molar-refractivity contribution in [3.05, 3.63) is 47.4 Å². The van der Waals surface area contributed by atoms with Gasteiger partial charge in [-0.05, 0) is 50.1 Å². The number of nitrogens with one attached hydrogen (secondary N) is 2. The molecule has 1 aliphatic heterocycles. The molecule has 1 amide bonds. The Morgan fingerprint density at radius 1 is 1.22 bits per heavy atom. The second-order valence-corrected chi connectivity index (χ2v) is 9.77. The van der Waals surface area contributed by atoms with Crippen molar-refractivity contribution in [2.24, 2.45) is 0 Å². The zero-order valence-corrected chi connectivity index (χ0v) is 19.1. The minimum absolute atomic E-state index is 0.0362. The summed E-state index contributed by atoms with van der Waals surface area (Å²) in [5.74, 6) is 1.41. The van der Waals surface area contributed by atoms with E-state index in [2.05, 4.69) is 14.9 Å². The number of morpholine rings is 1. The SMILES string of the molecule is COc1ccc(C(=O)NCC(c2ccc(C)o2)N2CCOCC2)cc1S(=O)(=O)NC1CC1. The highest BCUT2D eigenvalue weighted by atomic mass is 32.2. The smallest absolute Gasteiger partial charge is 0.251 e. The number of carbonyl (C=O) groups is 1. The summed E-state index contributed by atoms with van der Waals surface area (Å²) < 4.78 is 44.6. The molecular formula is C22H29N3O6S. The van der Waals surface area contributed by atoms with Crippen LogP contribution in [0.5, 0.6) is 5.75 Å². The Labute approximate surface area is 188 Å². The normalized spacial score (nSPS) is 18.3. The Balaban J connectivity index is 1.51. The fourth-order valence-corrected chi connectivity index (χ4v) is 5.23. The second kappa shape index (κ2) is 9.62. The largest absolute Gasteiger partial charge is 0.495 e. The third kappa shape index (κ3) is 5.32. The van der Waals surface area contributed by atoms with E-state index in [9.17, 15) is 13.2 Å². The van der Waals surface area contributed by atoms with Crippen LogP contribution in [0.2, 0.25) is 0 Å². The van der Waals surface area contributed by atoms with Crippen molar-refractivity contribution in [2.45, 2.75) is 36.7 Å². The highest BCUT2D eigenvalue weighted by Crippen LogP contribution is 2.29. The topological polar surface area (TPSA) is 110 Å². The number of carbonyl (C=O) groups excluding carboxylic acids is 1. The van der Waals surface area contributed by atoms with Gasteiger partial charge in [0.2, 0.25) is 10.0 Å². The molecule has 1 saturated carbocycles. The quantitative estimate of drug-likeness (QED) is 0.584. The van der Waals surface area contributed by atoms with E-state index in [0.717, 1.165) is 37.5 Å². The van der Waals surface area contributed by atoms with E-state index in [4.69, 9.17) is 13.9 Å². The van der Waals surface area contributed by atoms with Gasteiger partial charge in [-0.25, -0.2) is 13.1 Å². The summed E-state index contributed by atoms with van der Waals surface area (Å²) >= 11 is 0. The number of sulfonamides is 1. The number of hydrogen-bond donors (Lipinski definition) is 2. The number of hydrogen-bond acceptors (Lipinski definition) is 7. The zero-order valence-electron chi connectivity index (χ0n) is 18.3. The molecule has 2 N–H and O–H groups in total. The van der Waals surface area contributed by atoms with Gasteiger partial charge in [0, 0.05) is 31.2 Å². The predicted octanol–water partition coefficient (Wildman–Crippen LogP) is 1.84. The lowest BCUT2D eigenvalue weighted by atomic mass is 10.1. The molecular weight excluding hydrogens is 434 g/mol. The van der Waals surface area contributed by atoms with Crippen molar-refractivity contribution >= 4 is 15.9 Å². The van der Waals surface area contributed by atoms with Gasteiger partial charge < -0.3 is 19.2 Å². The van der Waals surface area contributed by atoms with Gasteiger partial charge in [-0.1, -0.05) is 0 Å². The summed E-state index contributed by atoms with van der Waals surface area (Å²) in [5, 5.41) is 2.94. The number of nitrogens with zero attached hydrogens (tertiary/aromatic N) is 1. The standard InChI is InChI=1S/C22H29N3O6S/c1-15-3-7-19(31-15)18(25-9-11-30-12-10-25)14-23-22(26)16-4-8-20(29-2)21(13-16)32(27,28)24-17-5-6-17/h3-4,7-8,13,17-18,24H,5-6,9-12,14H2,1-2H3,(H,23,26). The van der Waals surface area contributed by atoms with Crippen LogP contribution in [0.3, 0.4) is 0 Å². The van der Waals surface area contributed by atoms with Gasteiger partial charge in [-0.3, -0.25) is 9.69 Å². The number of ether oxygens (including phenoxy) is 2. The summed E-state index contributed by atoms with van der Waals surface area (Å²) in [7, 11) is -2.37. The zero-order chi connectivity index (χ0) is 22.7. The Morgan fingerprint density at radius 3 is 2.59 bits per heavy atom. The van der Waals surface area contributed by atoms with Crippen molar-refractivity contribution in [1.29, 1.82) is 0 Å². The predicted molar refractivity (Wildman–Crippen MR) is 117 cm³/mol. The van der Waals surface area contributed by atoms with Gasteiger partial charge in [0.05, 0.1) is 26.4 Å². The van der Waals surface area contributed by atoms with Gasteiger partial charge in [-0.2, -0.15) is 0 Å². The molecule has 10 heteroatoms. The van der Waals surface area contributed by atoms with E-state index in [0.29, 0.717) is 19.8 Å². The van der Waals surface area contributed by atoms with E-state index in [1.165, 1.54) is 19.2 Å². The molecule has 1 aliphatic carbocycles. The maximum atomic E-state index is 12.9. The first-order valence-electron chi connectivity index (χ1n) is 10.7. The van der Waals surface area contributed by atoms with Gasteiger partial charge in [0.15, 0.2) is 0 Å². The van der Waals surface area contributed by atoms with Gasteiger partial charge in [0.1, 0.15) is 22.2 Å². The molecule has 1 unspecified atom stereocenters. The summed E-state index contributed by atoms with van der Waals surface area (Å²) in [6.07, 6.45) is 1.63. The first-order valence-corrected chi connectivity index (χ1v) is 12.2. The lowest BCUT2D eigenvalue weighted by molar-refractivity contribution is 0.0117. The van der Waals surface area contributed by atoms with E-state index in [-0.39, 0.29) is 34.2 Å². The summed E-state index contributed by atoms with van der Waals surface area (Å²) in [4.78, 5) is 15.1. The van der Waals surface area contributed by atoms with Crippen LogP contribution in [0.4, 0.5) is 0 Å². The van der Waals surface area contributed by atoms with Crippen molar-refractivity contribution in [3.63, 3.8) is 0 Å².